The van der Waals surface area contributed by atoms with E-state index in [0.29, 0.717) is 11.1 Å². The molecule has 4 aromatic rings. The fourth-order valence-corrected chi connectivity index (χ4v) is 3.47. The molecule has 0 aliphatic rings. The van der Waals surface area contributed by atoms with E-state index in [1.807, 2.05) is 80.6 Å². The van der Waals surface area contributed by atoms with Crippen molar-refractivity contribution in [3.05, 3.63) is 72.3 Å². The number of nitrogens with one attached hydrogen (secondary N) is 1. The van der Waals surface area contributed by atoms with E-state index in [4.69, 9.17) is 4.42 Å². The van der Waals surface area contributed by atoms with E-state index in [-0.39, 0.29) is 11.2 Å². The van der Waals surface area contributed by atoms with Crippen LogP contribution in [0.15, 0.2) is 76.4 Å². The number of hydrogen-bond donors (Lipinski definition) is 1. The molecule has 0 aliphatic heterocycles. The first-order valence-electron chi connectivity index (χ1n) is 8.95. The number of nitrogens with zero attached hydrogens (tertiary/aromatic N) is 2. The summed E-state index contributed by atoms with van der Waals surface area (Å²) in [5.41, 5.74) is 2.79. The highest BCUT2D eigenvalue weighted by Gasteiger charge is 2.19. The molecule has 0 radical (unpaired) electrons. The summed E-state index contributed by atoms with van der Waals surface area (Å²) in [7, 11) is 0. The zero-order valence-electron chi connectivity index (χ0n) is 15.5. The van der Waals surface area contributed by atoms with Crippen molar-refractivity contribution in [3.8, 4) is 11.5 Å². The van der Waals surface area contributed by atoms with Gasteiger partial charge in [-0.05, 0) is 48.9 Å². The van der Waals surface area contributed by atoms with E-state index in [9.17, 15) is 4.79 Å². The Hall–Kier alpha value is -3.12. The van der Waals surface area contributed by atoms with Crippen molar-refractivity contribution in [2.45, 2.75) is 24.3 Å². The van der Waals surface area contributed by atoms with Crippen LogP contribution in [0.4, 0.5) is 5.69 Å². The van der Waals surface area contributed by atoms with Crippen molar-refractivity contribution in [2.24, 2.45) is 0 Å². The molecule has 4 rings (SSSR count). The monoisotopic (exact) mass is 389 g/mol. The van der Waals surface area contributed by atoms with Gasteiger partial charge in [0, 0.05) is 11.3 Å². The maximum Gasteiger partial charge on any atom is 0.277 e. The average molecular weight is 389 g/mol. The summed E-state index contributed by atoms with van der Waals surface area (Å²) in [4.78, 5) is 12.5. The molecule has 3 aromatic carbocycles. The van der Waals surface area contributed by atoms with Crippen LogP contribution in [0, 0.1) is 6.92 Å². The van der Waals surface area contributed by atoms with Gasteiger partial charge in [-0.3, -0.25) is 4.79 Å². The van der Waals surface area contributed by atoms with Gasteiger partial charge in [-0.15, -0.1) is 10.2 Å². The molecule has 1 N–H and O–H groups in total. The van der Waals surface area contributed by atoms with Gasteiger partial charge in [-0.1, -0.05) is 59.8 Å². The van der Waals surface area contributed by atoms with Crippen LogP contribution in [0.25, 0.3) is 22.2 Å². The van der Waals surface area contributed by atoms with Crippen LogP contribution in [-0.2, 0) is 4.79 Å². The lowest BCUT2D eigenvalue weighted by Gasteiger charge is -2.10. The second kappa shape index (κ2) is 7.86. The molecule has 0 unspecified atom stereocenters. The number of thioether (sulfide) groups is 1. The maximum atomic E-state index is 12.5. The second-order valence-electron chi connectivity index (χ2n) is 6.55. The zero-order chi connectivity index (χ0) is 19.5. The van der Waals surface area contributed by atoms with Crippen LogP contribution in [-0.4, -0.2) is 21.4 Å². The van der Waals surface area contributed by atoms with Crippen molar-refractivity contribution in [2.75, 3.05) is 5.32 Å². The van der Waals surface area contributed by atoms with Crippen molar-refractivity contribution in [1.29, 1.82) is 0 Å². The van der Waals surface area contributed by atoms with Gasteiger partial charge in [-0.25, -0.2) is 0 Å². The molecule has 1 atom stereocenters. The summed E-state index contributed by atoms with van der Waals surface area (Å²) in [5.74, 6) is 0.333. The molecule has 1 heterocycles. The third kappa shape index (κ3) is 4.07. The van der Waals surface area contributed by atoms with E-state index in [2.05, 4.69) is 15.5 Å². The number of rotatable bonds is 5. The minimum absolute atomic E-state index is 0.115. The number of carbonyl (C=O) groups excluding carboxylic acids is 1. The molecule has 5 nitrogen and oxygen atoms in total. The Morgan fingerprint density at radius 3 is 2.54 bits per heavy atom. The molecule has 1 aromatic heterocycles. The molecule has 0 aliphatic carbocycles. The highest BCUT2D eigenvalue weighted by molar-refractivity contribution is 8.00. The number of hydrogen-bond acceptors (Lipinski definition) is 5. The topological polar surface area (TPSA) is 68.0 Å². The van der Waals surface area contributed by atoms with Gasteiger partial charge in [0.25, 0.3) is 5.22 Å². The molecule has 1 amide bonds. The molecule has 0 fully saturated rings. The quantitative estimate of drug-likeness (QED) is 0.468. The second-order valence-corrected chi connectivity index (χ2v) is 7.84. The predicted molar refractivity (Wildman–Crippen MR) is 112 cm³/mol. The number of fused-ring (bicyclic) bond motifs is 1. The molecular formula is C22H19N3O2S. The van der Waals surface area contributed by atoms with Gasteiger partial charge >= 0.3 is 0 Å². The molecule has 0 saturated heterocycles. The van der Waals surface area contributed by atoms with Crippen LogP contribution in [0.3, 0.4) is 0 Å². The van der Waals surface area contributed by atoms with Gasteiger partial charge in [0.1, 0.15) is 0 Å². The molecule has 0 spiro atoms. The molecule has 140 valence electrons. The van der Waals surface area contributed by atoms with E-state index >= 15 is 0 Å². The predicted octanol–water partition coefficient (Wildman–Crippen LogP) is 5.32. The van der Waals surface area contributed by atoms with E-state index in [1.165, 1.54) is 11.8 Å². The Kier molecular flexibility index (Phi) is 5.12. The van der Waals surface area contributed by atoms with Crippen LogP contribution < -0.4 is 5.32 Å². The van der Waals surface area contributed by atoms with Crippen LogP contribution in [0.2, 0.25) is 0 Å². The molecule has 0 bridgehead atoms. The lowest BCUT2D eigenvalue weighted by molar-refractivity contribution is -0.115. The molecule has 6 heteroatoms. The van der Waals surface area contributed by atoms with E-state index < -0.39 is 0 Å². The van der Waals surface area contributed by atoms with Gasteiger partial charge in [0.2, 0.25) is 11.8 Å². The van der Waals surface area contributed by atoms with E-state index in [0.717, 1.165) is 27.6 Å². The standard InChI is InChI=1S/C22H19N3O2S/c1-14-7-9-17(10-8-14)21-24-25-22(27-21)28-15(2)20(26)23-19-12-11-16-5-3-4-6-18(16)13-19/h3-13,15H,1-2H3,(H,23,26)/t15-/m1/s1. The highest BCUT2D eigenvalue weighted by Crippen LogP contribution is 2.27. The Morgan fingerprint density at radius 1 is 1.00 bits per heavy atom. The number of aryl methyl sites for hydroxylation is 1. The largest absolute Gasteiger partial charge is 0.411 e. The normalized spacial score (nSPS) is 12.1. The van der Waals surface area contributed by atoms with Crippen molar-refractivity contribution < 1.29 is 9.21 Å². The summed E-state index contributed by atoms with van der Waals surface area (Å²) in [6.07, 6.45) is 0. The summed E-state index contributed by atoms with van der Waals surface area (Å²) >= 11 is 1.24. The summed E-state index contributed by atoms with van der Waals surface area (Å²) in [6.45, 7) is 3.84. The number of anilines is 1. The number of carbonyl (C=O) groups is 1. The number of amides is 1. The van der Waals surface area contributed by atoms with Gasteiger partial charge in [-0.2, -0.15) is 0 Å². The summed E-state index contributed by atoms with van der Waals surface area (Å²) in [5, 5.41) is 13.3. The van der Waals surface area contributed by atoms with E-state index in [1.54, 1.807) is 0 Å². The fraction of sp³-hybridized carbons (Fsp3) is 0.136. The lowest BCUT2D eigenvalue weighted by atomic mass is 10.1. The smallest absolute Gasteiger partial charge is 0.277 e. The first-order valence-corrected chi connectivity index (χ1v) is 9.83. The van der Waals surface area contributed by atoms with Crippen LogP contribution >= 0.6 is 11.8 Å². The first kappa shape index (κ1) is 18.3. The van der Waals surface area contributed by atoms with Crippen LogP contribution in [0.5, 0.6) is 0 Å². The molecule has 28 heavy (non-hydrogen) atoms. The SMILES string of the molecule is Cc1ccc(-c2nnc(S[C@H](C)C(=O)Nc3ccc4ccccc4c3)o2)cc1. The Balaban J connectivity index is 1.42. The number of aromatic nitrogens is 2. The third-order valence-electron chi connectivity index (χ3n) is 4.37. The Labute approximate surface area is 167 Å². The first-order chi connectivity index (χ1) is 13.6. The minimum atomic E-state index is -0.377. The van der Waals surface area contributed by atoms with Crippen molar-refractivity contribution in [3.63, 3.8) is 0 Å². The maximum absolute atomic E-state index is 12.5. The fourth-order valence-electron chi connectivity index (χ4n) is 2.79. The van der Waals surface area contributed by atoms with Gasteiger partial charge in [0.05, 0.1) is 5.25 Å². The van der Waals surface area contributed by atoms with Gasteiger partial charge < -0.3 is 9.73 Å². The van der Waals surface area contributed by atoms with Crippen molar-refractivity contribution in [1.82, 2.24) is 10.2 Å². The zero-order valence-corrected chi connectivity index (χ0v) is 16.4. The van der Waals surface area contributed by atoms with Gasteiger partial charge in [0.15, 0.2) is 0 Å². The highest BCUT2D eigenvalue weighted by atomic mass is 32.2. The number of benzene rings is 3. The Bertz CT molecular complexity index is 1120. The third-order valence-corrected chi connectivity index (χ3v) is 5.30. The molecule has 0 saturated carbocycles. The van der Waals surface area contributed by atoms with Crippen LogP contribution in [0.1, 0.15) is 12.5 Å². The summed E-state index contributed by atoms with van der Waals surface area (Å²) in [6, 6.07) is 21.8. The van der Waals surface area contributed by atoms with Crippen molar-refractivity contribution >= 4 is 34.1 Å². The average Bonchev–Trinajstić information content (AvgIpc) is 3.17. The lowest BCUT2D eigenvalue weighted by Crippen LogP contribution is -2.22. The minimum Gasteiger partial charge on any atom is -0.411 e. The molecular weight excluding hydrogens is 370 g/mol. The Morgan fingerprint density at radius 2 is 1.75 bits per heavy atom. The summed E-state index contributed by atoms with van der Waals surface area (Å²) < 4.78 is 5.70.